The highest BCUT2D eigenvalue weighted by molar-refractivity contribution is 8.63. The van der Waals surface area contributed by atoms with Gasteiger partial charge in [-0.2, -0.15) is 42.1 Å². The standard InChI is InChI=1S/C10H8O14S5/c11-25(12,13)7-1-2-9-6(3-7)4-8(26(14,15)16)5-10(9)27(17,18)24-29(22,23)28(19,20)21/h1-5H,(H,11,12,13)(H,14,15,16)(H,19,20,21). The average molecular weight is 512 g/mol. The van der Waals surface area contributed by atoms with Gasteiger partial charge in [-0.1, -0.05) is 6.07 Å². The van der Waals surface area contributed by atoms with Gasteiger partial charge in [-0.25, -0.2) is 0 Å². The molecule has 0 bridgehead atoms. The average Bonchev–Trinajstić information content (AvgIpc) is 2.49. The third kappa shape index (κ3) is 4.90. The molecule has 0 heterocycles. The number of hydrogen-bond acceptors (Lipinski definition) is 11. The predicted octanol–water partition coefficient (Wildman–Crippen LogP) is -0.829. The summed E-state index contributed by atoms with van der Waals surface area (Å²) in [6, 6.07) is 2.70. The van der Waals surface area contributed by atoms with Crippen LogP contribution in [0.3, 0.4) is 0 Å². The van der Waals surface area contributed by atoms with Gasteiger partial charge in [0.2, 0.25) is 0 Å². The predicted molar refractivity (Wildman–Crippen MR) is 92.3 cm³/mol. The summed E-state index contributed by atoms with van der Waals surface area (Å²) in [5, 5.41) is -1.14. The fraction of sp³-hybridized carbons (Fsp3) is 0. The molecular weight excluding hydrogens is 504 g/mol. The molecule has 0 aromatic heterocycles. The largest absolute Gasteiger partial charge is 0.414 e. The molecule has 0 saturated heterocycles. The summed E-state index contributed by atoms with van der Waals surface area (Å²) >= 11 is 0. The Morgan fingerprint density at radius 1 is 0.655 bits per heavy atom. The Labute approximate surface area is 163 Å². The van der Waals surface area contributed by atoms with Gasteiger partial charge >= 0.3 is 28.4 Å². The number of hydrogen-bond donors (Lipinski definition) is 3. The lowest BCUT2D eigenvalue weighted by atomic mass is 10.1. The fourth-order valence-electron chi connectivity index (χ4n) is 1.98. The highest BCUT2D eigenvalue weighted by Crippen LogP contribution is 2.31. The van der Waals surface area contributed by atoms with Crippen molar-refractivity contribution in [2.75, 3.05) is 0 Å². The Bertz CT molecular complexity index is 1540. The van der Waals surface area contributed by atoms with Crippen molar-refractivity contribution in [3.63, 3.8) is 0 Å². The summed E-state index contributed by atoms with van der Waals surface area (Å²) in [5.41, 5.74) is 0. The zero-order chi connectivity index (χ0) is 22.6. The van der Waals surface area contributed by atoms with E-state index in [4.69, 9.17) is 13.7 Å². The molecule has 2 rings (SSSR count). The van der Waals surface area contributed by atoms with Gasteiger partial charge in [0.05, 0.1) is 9.79 Å². The first kappa shape index (κ1) is 23.6. The molecule has 2 aromatic carbocycles. The molecule has 0 aliphatic heterocycles. The van der Waals surface area contributed by atoms with E-state index in [-0.39, 0.29) is 6.07 Å². The lowest BCUT2D eigenvalue weighted by Gasteiger charge is -2.10. The summed E-state index contributed by atoms with van der Waals surface area (Å²) in [6.45, 7) is 0. The van der Waals surface area contributed by atoms with Crippen LogP contribution in [-0.4, -0.2) is 55.7 Å². The van der Waals surface area contributed by atoms with Gasteiger partial charge in [0, 0.05) is 5.39 Å². The molecule has 0 unspecified atom stereocenters. The van der Waals surface area contributed by atoms with Crippen LogP contribution in [0.5, 0.6) is 0 Å². The Hall–Kier alpha value is -1.71. The van der Waals surface area contributed by atoms with Gasteiger partial charge in [0.25, 0.3) is 20.2 Å². The quantitative estimate of drug-likeness (QED) is 0.316. The zero-order valence-corrected chi connectivity index (χ0v) is 17.3. The SMILES string of the molecule is O=S(=O)(O)c1ccc2c(S(=O)(=O)OS(=O)(=O)S(=O)(=O)O)cc(S(=O)(=O)O)cc2c1. The minimum atomic E-state index is -6.16. The van der Waals surface area contributed by atoms with Crippen LogP contribution in [-0.2, 0) is 52.3 Å². The van der Waals surface area contributed by atoms with E-state index in [1.807, 2.05) is 0 Å². The highest BCUT2D eigenvalue weighted by atomic mass is 33.2. The molecule has 0 spiro atoms. The molecule has 0 saturated carbocycles. The van der Waals surface area contributed by atoms with E-state index in [0.717, 1.165) is 0 Å². The molecular formula is C10H8O14S5. The van der Waals surface area contributed by atoms with Crippen molar-refractivity contribution >= 4 is 59.4 Å². The number of rotatable bonds is 6. The second-order valence-corrected chi connectivity index (χ2v) is 14.0. The molecule has 162 valence electrons. The van der Waals surface area contributed by atoms with Crippen LogP contribution in [0.2, 0.25) is 0 Å². The van der Waals surface area contributed by atoms with Gasteiger partial charge in [-0.3, -0.25) is 13.7 Å². The molecule has 0 aliphatic rings. The molecule has 0 fully saturated rings. The summed E-state index contributed by atoms with van der Waals surface area (Å²) < 4.78 is 144. The van der Waals surface area contributed by atoms with Crippen molar-refractivity contribution < 1.29 is 59.4 Å². The van der Waals surface area contributed by atoms with E-state index < -0.39 is 74.1 Å². The summed E-state index contributed by atoms with van der Waals surface area (Å²) in [7, 11) is -27.9. The first-order valence-corrected chi connectivity index (χ1v) is 14.1. The van der Waals surface area contributed by atoms with Gasteiger partial charge in [0.1, 0.15) is 4.90 Å². The minimum Gasteiger partial charge on any atom is -0.282 e. The Morgan fingerprint density at radius 2 is 1.14 bits per heavy atom. The molecule has 3 N–H and O–H groups in total. The smallest absolute Gasteiger partial charge is 0.282 e. The van der Waals surface area contributed by atoms with Crippen molar-refractivity contribution in [1.29, 1.82) is 0 Å². The minimum absolute atomic E-state index is 0.194. The molecule has 19 heteroatoms. The van der Waals surface area contributed by atoms with E-state index in [1.54, 1.807) is 0 Å². The van der Waals surface area contributed by atoms with E-state index in [9.17, 15) is 42.1 Å². The molecule has 14 nitrogen and oxygen atoms in total. The van der Waals surface area contributed by atoms with Crippen molar-refractivity contribution in [1.82, 2.24) is 0 Å². The maximum atomic E-state index is 12.2. The van der Waals surface area contributed by atoms with Gasteiger partial charge < -0.3 is 0 Å². The molecule has 0 amide bonds. The van der Waals surface area contributed by atoms with E-state index in [0.29, 0.717) is 24.3 Å². The van der Waals surface area contributed by atoms with Crippen LogP contribution in [0.4, 0.5) is 0 Å². The Kier molecular flexibility index (Phi) is 5.62. The monoisotopic (exact) mass is 512 g/mol. The van der Waals surface area contributed by atoms with Crippen LogP contribution in [0.1, 0.15) is 0 Å². The van der Waals surface area contributed by atoms with Crippen molar-refractivity contribution in [3.8, 4) is 0 Å². The molecule has 0 radical (unpaired) electrons. The lowest BCUT2D eigenvalue weighted by molar-refractivity contribution is 0.450. The number of fused-ring (bicyclic) bond motifs is 1. The van der Waals surface area contributed by atoms with E-state index >= 15 is 0 Å². The zero-order valence-electron chi connectivity index (χ0n) is 13.3. The topological polar surface area (TPSA) is 241 Å². The van der Waals surface area contributed by atoms with E-state index in [2.05, 4.69) is 3.63 Å². The van der Waals surface area contributed by atoms with Gasteiger partial charge in [0.15, 0.2) is 0 Å². The fourth-order valence-corrected chi connectivity index (χ4v) is 6.59. The first-order valence-electron chi connectivity index (χ1n) is 6.47. The number of benzene rings is 2. The van der Waals surface area contributed by atoms with Gasteiger partial charge in [-0.05, 0) is 29.7 Å². The molecule has 0 atom stereocenters. The van der Waals surface area contributed by atoms with Crippen molar-refractivity contribution in [3.05, 3.63) is 30.3 Å². The normalized spacial score (nSPS) is 14.2. The van der Waals surface area contributed by atoms with E-state index in [1.165, 1.54) is 0 Å². The maximum Gasteiger partial charge on any atom is 0.414 e. The molecule has 29 heavy (non-hydrogen) atoms. The van der Waals surface area contributed by atoms with Gasteiger partial charge in [-0.15, -0.1) is 3.63 Å². The summed E-state index contributed by atoms with van der Waals surface area (Å²) in [6.07, 6.45) is 0. The second kappa shape index (κ2) is 6.92. The van der Waals surface area contributed by atoms with Crippen molar-refractivity contribution in [2.45, 2.75) is 14.7 Å². The van der Waals surface area contributed by atoms with Crippen LogP contribution in [0.25, 0.3) is 10.8 Å². The van der Waals surface area contributed by atoms with Crippen LogP contribution in [0, 0.1) is 0 Å². The maximum absolute atomic E-state index is 12.2. The van der Waals surface area contributed by atoms with Crippen molar-refractivity contribution in [2.24, 2.45) is 0 Å². The third-order valence-corrected chi connectivity index (χ3v) is 9.66. The molecule has 0 aliphatic carbocycles. The Balaban J connectivity index is 2.95. The summed E-state index contributed by atoms with van der Waals surface area (Å²) in [5.74, 6) is 0. The highest BCUT2D eigenvalue weighted by Gasteiger charge is 2.37. The van der Waals surface area contributed by atoms with Crippen LogP contribution < -0.4 is 0 Å². The first-order chi connectivity index (χ1) is 12.8. The van der Waals surface area contributed by atoms with Crippen LogP contribution in [0.15, 0.2) is 45.0 Å². The summed E-state index contributed by atoms with van der Waals surface area (Å²) in [4.78, 5) is -3.33. The van der Waals surface area contributed by atoms with Crippen LogP contribution >= 0.6 is 0 Å². The molecule has 2 aromatic rings. The third-order valence-electron chi connectivity index (χ3n) is 3.16. The second-order valence-electron chi connectivity index (χ2n) is 5.11. The lowest BCUT2D eigenvalue weighted by Crippen LogP contribution is -2.22. The Morgan fingerprint density at radius 3 is 1.59 bits per heavy atom.